The summed E-state index contributed by atoms with van der Waals surface area (Å²) in [5.74, 6) is -10.1. The molecule has 2 unspecified atom stereocenters. The Hall–Kier alpha value is -2.91. The largest absolute Gasteiger partial charge is 0.507 e. The van der Waals surface area contributed by atoms with Crippen molar-refractivity contribution in [2.75, 3.05) is 14.1 Å². The van der Waals surface area contributed by atoms with E-state index in [9.17, 15) is 34.2 Å². The van der Waals surface area contributed by atoms with Crippen LogP contribution in [0, 0.1) is 23.7 Å². The van der Waals surface area contributed by atoms with Crippen molar-refractivity contribution in [2.45, 2.75) is 63.5 Å². The Morgan fingerprint density at radius 2 is 1.81 bits per heavy atom. The van der Waals surface area contributed by atoms with Crippen LogP contribution in [0.2, 0.25) is 0 Å². The highest BCUT2D eigenvalue weighted by Gasteiger charge is 2.69. The Bertz CT molecular complexity index is 1140. The zero-order chi connectivity index (χ0) is 26.5. The smallest absolute Gasteiger partial charge is 0.235 e. The van der Waals surface area contributed by atoms with Crippen LogP contribution in [-0.2, 0) is 32.0 Å². The van der Waals surface area contributed by atoms with Crippen LogP contribution in [0.15, 0.2) is 12.1 Å². The Kier molecular flexibility index (Phi) is 6.92. The first-order valence-corrected chi connectivity index (χ1v) is 12.6. The van der Waals surface area contributed by atoms with Crippen molar-refractivity contribution in [2.24, 2.45) is 29.4 Å². The summed E-state index contributed by atoms with van der Waals surface area (Å²) in [6.07, 6.45) is 5.25. The Morgan fingerprint density at radius 3 is 2.42 bits per heavy atom. The van der Waals surface area contributed by atoms with Crippen molar-refractivity contribution in [3.8, 4) is 5.75 Å². The number of carbonyl (C=O) groups is 5. The van der Waals surface area contributed by atoms with Gasteiger partial charge in [-0.05, 0) is 62.9 Å². The molecule has 0 saturated heterocycles. The molecule has 4 N–H and O–H groups in total. The van der Waals surface area contributed by atoms with Crippen molar-refractivity contribution < 1.29 is 34.2 Å². The number of aliphatic hydroxyl groups is 1. The highest BCUT2D eigenvalue weighted by atomic mass is 16.3. The highest BCUT2D eigenvalue weighted by Crippen LogP contribution is 2.51. The van der Waals surface area contributed by atoms with Gasteiger partial charge in [-0.2, -0.15) is 0 Å². The van der Waals surface area contributed by atoms with Crippen LogP contribution >= 0.6 is 0 Å². The summed E-state index contributed by atoms with van der Waals surface area (Å²) < 4.78 is 0. The second kappa shape index (κ2) is 9.52. The van der Waals surface area contributed by atoms with E-state index in [-0.39, 0.29) is 17.7 Å². The topological polar surface area (TPSA) is 155 Å². The number of rotatable bonds is 7. The highest BCUT2D eigenvalue weighted by molar-refractivity contribution is 6.32. The van der Waals surface area contributed by atoms with E-state index in [1.807, 2.05) is 6.07 Å². The van der Waals surface area contributed by atoms with Gasteiger partial charge in [-0.15, -0.1) is 0 Å². The quantitative estimate of drug-likeness (QED) is 0.371. The Morgan fingerprint density at radius 1 is 1.11 bits per heavy atom. The molecule has 1 aromatic carbocycles. The Labute approximate surface area is 210 Å². The number of likely N-dealkylation sites (N-methyl/N-ethyl adjacent to an activating group) is 1. The standard InChI is InChI=1S/C27H34N2O7/c1-4-5-6-7-8-13-9-10-17(30)19-15(13)11-14-12-16-21(29(2)3)23(32)20(26(28)35)25(34)27(16,36)24(33)18(14)22(19)31/h9-10,14,16,18,20-21,30,36H,4-8,11-12H2,1-3H3,(H2,28,35)/t14-,16-,18?,20?,21-,27-/m1/s1. The summed E-state index contributed by atoms with van der Waals surface area (Å²) in [7, 11) is 3.14. The summed E-state index contributed by atoms with van der Waals surface area (Å²) in [6.45, 7) is 2.12. The monoisotopic (exact) mass is 498 g/mol. The first kappa shape index (κ1) is 26.2. The van der Waals surface area contributed by atoms with E-state index < -0.39 is 64.4 Å². The molecule has 0 aliphatic heterocycles. The van der Waals surface area contributed by atoms with E-state index in [4.69, 9.17) is 5.73 Å². The number of fused-ring (bicyclic) bond motifs is 3. The fourth-order valence-electron chi connectivity index (χ4n) is 6.65. The number of ketones is 4. The lowest BCUT2D eigenvalue weighted by Gasteiger charge is -2.52. The van der Waals surface area contributed by atoms with E-state index in [0.29, 0.717) is 12.0 Å². The predicted molar refractivity (Wildman–Crippen MR) is 129 cm³/mol. The number of nitrogens with zero attached hydrogens (tertiary/aromatic N) is 1. The van der Waals surface area contributed by atoms with Gasteiger partial charge in [0.05, 0.1) is 17.5 Å². The van der Waals surface area contributed by atoms with Gasteiger partial charge in [-0.1, -0.05) is 32.3 Å². The second-order valence-electron chi connectivity index (χ2n) is 10.7. The van der Waals surface area contributed by atoms with Gasteiger partial charge < -0.3 is 15.9 Å². The molecule has 3 aliphatic carbocycles. The van der Waals surface area contributed by atoms with E-state index in [2.05, 4.69) is 6.92 Å². The number of hydrogen-bond donors (Lipinski definition) is 3. The van der Waals surface area contributed by atoms with Crippen LogP contribution in [-0.4, -0.2) is 69.9 Å². The SMILES string of the molecule is CCCCCCc1ccc(O)c2c1C[C@@H]1C[C@@H]3[C@@H](N(C)C)C(=O)C(C(N)=O)C(=O)[C@]3(O)C(=O)C1C2=O. The van der Waals surface area contributed by atoms with Gasteiger partial charge in [-0.3, -0.25) is 28.9 Å². The average Bonchev–Trinajstić information content (AvgIpc) is 2.80. The number of unbranched alkanes of at least 4 members (excludes halogenated alkanes) is 3. The summed E-state index contributed by atoms with van der Waals surface area (Å²) in [6, 6.07) is 2.17. The van der Waals surface area contributed by atoms with Gasteiger partial charge >= 0.3 is 0 Å². The summed E-state index contributed by atoms with van der Waals surface area (Å²) in [5.41, 5.74) is 4.34. The zero-order valence-electron chi connectivity index (χ0n) is 21.0. The molecule has 4 rings (SSSR count). The molecule has 1 aromatic rings. The molecule has 6 atom stereocenters. The molecule has 0 bridgehead atoms. The minimum Gasteiger partial charge on any atom is -0.507 e. The number of hydrogen-bond acceptors (Lipinski definition) is 8. The van der Waals surface area contributed by atoms with Gasteiger partial charge in [0.1, 0.15) is 5.75 Å². The molecule has 0 aromatic heterocycles. The molecular formula is C27H34N2O7. The van der Waals surface area contributed by atoms with Crippen molar-refractivity contribution in [1.29, 1.82) is 0 Å². The fraction of sp³-hybridized carbons (Fsp3) is 0.593. The molecule has 2 saturated carbocycles. The third-order valence-corrected chi connectivity index (χ3v) is 8.34. The fourth-order valence-corrected chi connectivity index (χ4v) is 6.65. The van der Waals surface area contributed by atoms with E-state index in [1.165, 1.54) is 11.0 Å². The minimum absolute atomic E-state index is 0.0643. The maximum absolute atomic E-state index is 13.8. The number of aromatic hydroxyl groups is 1. The first-order chi connectivity index (χ1) is 17.0. The van der Waals surface area contributed by atoms with Crippen LogP contribution in [0.1, 0.15) is 60.5 Å². The maximum atomic E-state index is 13.8. The lowest BCUT2D eigenvalue weighted by molar-refractivity contribution is -0.181. The normalized spacial score (nSPS) is 31.8. The second-order valence-corrected chi connectivity index (χ2v) is 10.7. The van der Waals surface area contributed by atoms with E-state index in [0.717, 1.165) is 37.7 Å². The maximum Gasteiger partial charge on any atom is 0.235 e. The van der Waals surface area contributed by atoms with Gasteiger partial charge in [0.15, 0.2) is 34.7 Å². The van der Waals surface area contributed by atoms with Crippen LogP contribution in [0.4, 0.5) is 0 Å². The number of phenolic OH excluding ortho intramolecular Hbond substituents is 1. The lowest BCUT2D eigenvalue weighted by Crippen LogP contribution is -2.74. The predicted octanol–water partition coefficient (Wildman–Crippen LogP) is 0.990. The van der Waals surface area contributed by atoms with Crippen molar-refractivity contribution in [3.05, 3.63) is 28.8 Å². The summed E-state index contributed by atoms with van der Waals surface area (Å²) in [5, 5.41) is 22.2. The number of benzene rings is 1. The molecular weight excluding hydrogens is 464 g/mol. The number of primary amides is 1. The van der Waals surface area contributed by atoms with Crippen molar-refractivity contribution >= 4 is 29.0 Å². The van der Waals surface area contributed by atoms with Gasteiger partial charge in [0, 0.05) is 5.92 Å². The van der Waals surface area contributed by atoms with Gasteiger partial charge in [0.25, 0.3) is 0 Å². The summed E-state index contributed by atoms with van der Waals surface area (Å²) in [4.78, 5) is 67.3. The third kappa shape index (κ3) is 3.80. The average molecular weight is 499 g/mol. The third-order valence-electron chi connectivity index (χ3n) is 8.34. The van der Waals surface area contributed by atoms with Crippen LogP contribution in [0.25, 0.3) is 0 Å². The zero-order valence-corrected chi connectivity index (χ0v) is 21.0. The van der Waals surface area contributed by atoms with Crippen LogP contribution < -0.4 is 5.73 Å². The first-order valence-electron chi connectivity index (χ1n) is 12.6. The lowest BCUT2D eigenvalue weighted by atomic mass is 9.52. The molecule has 9 heteroatoms. The van der Waals surface area contributed by atoms with E-state index in [1.54, 1.807) is 14.1 Å². The molecule has 3 aliphatic rings. The number of carbonyl (C=O) groups excluding carboxylic acids is 5. The van der Waals surface area contributed by atoms with Crippen molar-refractivity contribution in [1.82, 2.24) is 4.90 Å². The molecule has 0 heterocycles. The molecule has 36 heavy (non-hydrogen) atoms. The molecule has 194 valence electrons. The number of phenols is 1. The number of amides is 1. The molecule has 9 nitrogen and oxygen atoms in total. The van der Waals surface area contributed by atoms with E-state index >= 15 is 0 Å². The Balaban J connectivity index is 1.78. The van der Waals surface area contributed by atoms with Crippen LogP contribution in [0.3, 0.4) is 0 Å². The minimum atomic E-state index is -2.69. The molecule has 0 spiro atoms. The summed E-state index contributed by atoms with van der Waals surface area (Å²) >= 11 is 0. The van der Waals surface area contributed by atoms with Crippen LogP contribution in [0.5, 0.6) is 5.75 Å². The molecule has 0 radical (unpaired) electrons. The van der Waals surface area contributed by atoms with Crippen molar-refractivity contribution in [3.63, 3.8) is 0 Å². The molecule has 2 fully saturated rings. The van der Waals surface area contributed by atoms with Gasteiger partial charge in [0.2, 0.25) is 5.91 Å². The number of nitrogens with two attached hydrogens (primary N) is 1. The number of aryl methyl sites for hydroxylation is 1. The molecule has 1 amide bonds. The number of Topliss-reactive ketones (excluding diaryl/α,β-unsaturated/α-hetero) is 4. The van der Waals surface area contributed by atoms with Gasteiger partial charge in [-0.25, -0.2) is 0 Å².